The smallest absolute Gasteiger partial charge is 0.309 e. The highest BCUT2D eigenvalue weighted by molar-refractivity contribution is 5.75. The molecule has 1 fully saturated rings. The molecule has 1 aliphatic rings. The molecule has 20 heavy (non-hydrogen) atoms. The monoisotopic (exact) mass is 278 g/mol. The van der Waals surface area contributed by atoms with Crippen LogP contribution in [0.3, 0.4) is 0 Å². The Bertz CT molecular complexity index is 429. The third-order valence-corrected chi connectivity index (χ3v) is 3.69. The molecule has 1 aliphatic heterocycles. The van der Waals surface area contributed by atoms with Gasteiger partial charge >= 0.3 is 5.97 Å². The van der Waals surface area contributed by atoms with Gasteiger partial charge in [-0.2, -0.15) is 0 Å². The van der Waals surface area contributed by atoms with Crippen LogP contribution in [0.15, 0.2) is 30.3 Å². The molecule has 110 valence electrons. The summed E-state index contributed by atoms with van der Waals surface area (Å²) in [5.74, 6) is -0.0687. The summed E-state index contributed by atoms with van der Waals surface area (Å²) in [7, 11) is 0. The van der Waals surface area contributed by atoms with E-state index in [9.17, 15) is 9.90 Å². The predicted octanol–water partition coefficient (Wildman–Crippen LogP) is 2.15. The summed E-state index contributed by atoms with van der Waals surface area (Å²) < 4.78 is 10.7. The van der Waals surface area contributed by atoms with E-state index in [4.69, 9.17) is 9.47 Å². The topological polar surface area (TPSA) is 55.8 Å². The van der Waals surface area contributed by atoms with E-state index in [1.54, 1.807) is 0 Å². The van der Waals surface area contributed by atoms with Crippen molar-refractivity contribution >= 4 is 5.97 Å². The standard InChI is InChI=1S/C16H22O4/c1-11(2)13-8-15(20-16(13)18)14(17)10-19-9-12-6-4-3-5-7-12/h3-7,11,13-15,17H,8-10H2,1-2H3/t13-,14+,15-/m0/s1. The number of cyclic esters (lactones) is 1. The predicted molar refractivity (Wildman–Crippen MR) is 74.9 cm³/mol. The molecule has 1 aromatic carbocycles. The quantitative estimate of drug-likeness (QED) is 0.810. The Kier molecular flexibility index (Phi) is 5.15. The molecule has 4 nitrogen and oxygen atoms in total. The number of rotatable bonds is 6. The van der Waals surface area contributed by atoms with E-state index >= 15 is 0 Å². The molecule has 0 saturated carbocycles. The van der Waals surface area contributed by atoms with Crippen molar-refractivity contribution < 1.29 is 19.4 Å². The SMILES string of the molecule is CC(C)[C@@H]1C[C@@H]([C@H](O)COCc2ccccc2)OC1=O. The Morgan fingerprint density at radius 3 is 2.65 bits per heavy atom. The van der Waals surface area contributed by atoms with Crippen LogP contribution in [0.25, 0.3) is 0 Å². The average molecular weight is 278 g/mol. The molecule has 3 atom stereocenters. The van der Waals surface area contributed by atoms with E-state index in [0.717, 1.165) is 5.56 Å². The molecule has 0 unspecified atom stereocenters. The fourth-order valence-electron chi connectivity index (χ4n) is 2.39. The molecule has 0 spiro atoms. The van der Waals surface area contributed by atoms with Crippen LogP contribution >= 0.6 is 0 Å². The lowest BCUT2D eigenvalue weighted by molar-refractivity contribution is -0.150. The lowest BCUT2D eigenvalue weighted by Crippen LogP contribution is -2.30. The summed E-state index contributed by atoms with van der Waals surface area (Å²) in [4.78, 5) is 11.7. The number of carbonyl (C=O) groups is 1. The van der Waals surface area contributed by atoms with Crippen LogP contribution in [0.5, 0.6) is 0 Å². The number of esters is 1. The minimum atomic E-state index is -0.758. The Morgan fingerprint density at radius 2 is 2.05 bits per heavy atom. The normalized spacial score (nSPS) is 23.9. The van der Waals surface area contributed by atoms with Crippen LogP contribution in [-0.2, 0) is 20.9 Å². The van der Waals surface area contributed by atoms with Crippen LogP contribution < -0.4 is 0 Å². The highest BCUT2D eigenvalue weighted by atomic mass is 16.6. The van der Waals surface area contributed by atoms with Crippen molar-refractivity contribution in [1.29, 1.82) is 0 Å². The van der Waals surface area contributed by atoms with Crippen LogP contribution in [0.1, 0.15) is 25.8 Å². The Balaban J connectivity index is 1.76. The third-order valence-electron chi connectivity index (χ3n) is 3.69. The summed E-state index contributed by atoms with van der Waals surface area (Å²) in [6, 6.07) is 9.78. The van der Waals surface area contributed by atoms with E-state index in [2.05, 4.69) is 0 Å². The van der Waals surface area contributed by atoms with Gasteiger partial charge in [-0.25, -0.2) is 0 Å². The number of carbonyl (C=O) groups excluding carboxylic acids is 1. The number of hydrogen-bond acceptors (Lipinski definition) is 4. The van der Waals surface area contributed by atoms with Crippen molar-refractivity contribution in [2.45, 2.75) is 39.1 Å². The number of aliphatic hydroxyl groups excluding tert-OH is 1. The summed E-state index contributed by atoms with van der Waals surface area (Å²) in [5.41, 5.74) is 1.06. The van der Waals surface area contributed by atoms with Gasteiger partial charge in [0.2, 0.25) is 0 Å². The molecule has 0 radical (unpaired) electrons. The molecule has 0 aromatic heterocycles. The van der Waals surface area contributed by atoms with Gasteiger partial charge in [0.1, 0.15) is 12.2 Å². The maximum Gasteiger partial charge on any atom is 0.309 e. The van der Waals surface area contributed by atoms with Crippen LogP contribution in [-0.4, -0.2) is 29.9 Å². The molecule has 1 N–H and O–H groups in total. The van der Waals surface area contributed by atoms with E-state index in [-0.39, 0.29) is 24.4 Å². The fourth-order valence-corrected chi connectivity index (χ4v) is 2.39. The Hall–Kier alpha value is -1.39. The highest BCUT2D eigenvalue weighted by Crippen LogP contribution is 2.29. The number of benzene rings is 1. The molecular formula is C16H22O4. The first-order chi connectivity index (χ1) is 9.58. The van der Waals surface area contributed by atoms with E-state index in [0.29, 0.717) is 13.0 Å². The van der Waals surface area contributed by atoms with Gasteiger partial charge in [-0.05, 0) is 11.5 Å². The van der Waals surface area contributed by atoms with Gasteiger partial charge < -0.3 is 14.6 Å². The minimum absolute atomic E-state index is 0.108. The molecule has 2 rings (SSSR count). The first-order valence-electron chi connectivity index (χ1n) is 7.08. The minimum Gasteiger partial charge on any atom is -0.459 e. The lowest BCUT2D eigenvalue weighted by Gasteiger charge is -2.17. The summed E-state index contributed by atoms with van der Waals surface area (Å²) in [5, 5.41) is 10.0. The Labute approximate surface area is 119 Å². The van der Waals surface area contributed by atoms with Crippen molar-refractivity contribution in [3.63, 3.8) is 0 Å². The third kappa shape index (κ3) is 3.81. The van der Waals surface area contributed by atoms with Crippen LogP contribution in [0.2, 0.25) is 0 Å². The van der Waals surface area contributed by atoms with Gasteiger partial charge in [0, 0.05) is 6.42 Å². The second-order valence-electron chi connectivity index (χ2n) is 5.63. The van der Waals surface area contributed by atoms with Crippen molar-refractivity contribution in [2.24, 2.45) is 11.8 Å². The van der Waals surface area contributed by atoms with E-state index in [1.165, 1.54) is 0 Å². The largest absolute Gasteiger partial charge is 0.459 e. The maximum atomic E-state index is 11.7. The van der Waals surface area contributed by atoms with E-state index in [1.807, 2.05) is 44.2 Å². The van der Waals surface area contributed by atoms with Crippen LogP contribution in [0, 0.1) is 11.8 Å². The number of hydrogen-bond donors (Lipinski definition) is 1. The fraction of sp³-hybridized carbons (Fsp3) is 0.562. The van der Waals surface area contributed by atoms with Gasteiger partial charge in [0.15, 0.2) is 0 Å². The molecular weight excluding hydrogens is 256 g/mol. The van der Waals surface area contributed by atoms with Crippen molar-refractivity contribution in [3.8, 4) is 0 Å². The first kappa shape index (κ1) is 15.0. The van der Waals surface area contributed by atoms with Crippen molar-refractivity contribution in [2.75, 3.05) is 6.61 Å². The first-order valence-corrected chi connectivity index (χ1v) is 7.08. The average Bonchev–Trinajstić information content (AvgIpc) is 2.82. The Morgan fingerprint density at radius 1 is 1.35 bits per heavy atom. The second-order valence-corrected chi connectivity index (χ2v) is 5.63. The number of aliphatic hydroxyl groups is 1. The molecule has 0 amide bonds. The van der Waals surface area contributed by atoms with Crippen molar-refractivity contribution in [3.05, 3.63) is 35.9 Å². The highest BCUT2D eigenvalue weighted by Gasteiger charge is 2.39. The zero-order valence-corrected chi connectivity index (χ0v) is 12.0. The maximum absolute atomic E-state index is 11.7. The van der Waals surface area contributed by atoms with Crippen LogP contribution in [0.4, 0.5) is 0 Å². The molecule has 1 aromatic rings. The molecule has 4 heteroatoms. The molecule has 0 bridgehead atoms. The molecule has 1 heterocycles. The number of ether oxygens (including phenoxy) is 2. The second kappa shape index (κ2) is 6.86. The zero-order valence-electron chi connectivity index (χ0n) is 12.0. The van der Waals surface area contributed by atoms with Crippen molar-refractivity contribution in [1.82, 2.24) is 0 Å². The lowest BCUT2D eigenvalue weighted by atomic mass is 9.91. The summed E-state index contributed by atoms with van der Waals surface area (Å²) in [6.07, 6.45) is -0.621. The van der Waals surface area contributed by atoms with E-state index < -0.39 is 12.2 Å². The van der Waals surface area contributed by atoms with Gasteiger partial charge in [0.05, 0.1) is 19.1 Å². The molecule has 1 saturated heterocycles. The van der Waals surface area contributed by atoms with Gasteiger partial charge in [-0.15, -0.1) is 0 Å². The summed E-state index contributed by atoms with van der Waals surface area (Å²) in [6.45, 7) is 4.61. The van der Waals surface area contributed by atoms with Gasteiger partial charge in [-0.1, -0.05) is 44.2 Å². The summed E-state index contributed by atoms with van der Waals surface area (Å²) >= 11 is 0. The van der Waals surface area contributed by atoms with Gasteiger partial charge in [0.25, 0.3) is 0 Å². The zero-order chi connectivity index (χ0) is 14.5. The molecule has 0 aliphatic carbocycles. The van der Waals surface area contributed by atoms with Gasteiger partial charge in [-0.3, -0.25) is 4.79 Å².